The van der Waals surface area contributed by atoms with Crippen molar-refractivity contribution in [1.82, 2.24) is 5.43 Å². The van der Waals surface area contributed by atoms with Gasteiger partial charge in [-0.15, -0.1) is 0 Å². The number of hydrogen-bond donors (Lipinski definition) is 1. The summed E-state index contributed by atoms with van der Waals surface area (Å²) in [5.74, 6) is -0.0481. The number of nitrogens with zero attached hydrogens (tertiary/aromatic N) is 1. The van der Waals surface area contributed by atoms with Crippen molar-refractivity contribution in [3.8, 4) is 5.75 Å². The second-order valence-electron chi connectivity index (χ2n) is 7.21. The first kappa shape index (κ1) is 26.4. The van der Waals surface area contributed by atoms with Crippen LogP contribution in [0.4, 0.5) is 13.2 Å². The summed E-state index contributed by atoms with van der Waals surface area (Å²) < 4.78 is 45.7. The fourth-order valence-corrected chi connectivity index (χ4v) is 4.37. The molecule has 4 nitrogen and oxygen atoms in total. The van der Waals surface area contributed by atoms with Gasteiger partial charge in [0.15, 0.2) is 0 Å². The molecule has 0 aromatic heterocycles. The second kappa shape index (κ2) is 13.0. The summed E-state index contributed by atoms with van der Waals surface area (Å²) in [6, 6.07) is 7.73. The number of carbonyl (C=O) groups excluding carboxylic acids is 1. The van der Waals surface area contributed by atoms with Crippen LogP contribution in [0.3, 0.4) is 0 Å². The number of nitrogens with one attached hydrogen (secondary N) is 1. The van der Waals surface area contributed by atoms with Crippen LogP contribution < -0.4 is 10.2 Å². The number of unbranched alkanes of at least 4 members (excludes halogenated alkanes) is 5. The minimum absolute atomic E-state index is 0.127. The molecule has 0 bridgehead atoms. The summed E-state index contributed by atoms with van der Waals surface area (Å²) in [7, 11) is 0. The van der Waals surface area contributed by atoms with E-state index in [0.29, 0.717) is 17.9 Å². The Balaban J connectivity index is 1.91. The maximum absolute atomic E-state index is 12.8. The summed E-state index contributed by atoms with van der Waals surface area (Å²) >= 11 is 6.95. The van der Waals surface area contributed by atoms with Crippen molar-refractivity contribution >= 4 is 44.0 Å². The molecule has 2 aromatic rings. The molecule has 9 heteroatoms. The highest BCUT2D eigenvalue weighted by molar-refractivity contribution is 9.11. The normalized spacial score (nSPS) is 11.7. The van der Waals surface area contributed by atoms with Crippen LogP contribution in [0, 0.1) is 0 Å². The lowest BCUT2D eigenvalue weighted by atomic mass is 10.1. The van der Waals surface area contributed by atoms with Gasteiger partial charge in [-0.2, -0.15) is 18.3 Å². The lowest BCUT2D eigenvalue weighted by Gasteiger charge is -2.11. The number of benzene rings is 2. The third-order valence-corrected chi connectivity index (χ3v) is 5.77. The average Bonchev–Trinajstić information content (AvgIpc) is 2.74. The zero-order valence-electron chi connectivity index (χ0n) is 17.6. The number of carbonyl (C=O) groups is 1. The number of hydrogen-bond acceptors (Lipinski definition) is 3. The smallest absolute Gasteiger partial charge is 0.416 e. The predicted octanol–water partition coefficient (Wildman–Crippen LogP) is 7.73. The van der Waals surface area contributed by atoms with Crippen molar-refractivity contribution in [2.45, 2.75) is 51.6 Å². The lowest BCUT2D eigenvalue weighted by Crippen LogP contribution is -2.18. The molecule has 32 heavy (non-hydrogen) atoms. The highest BCUT2D eigenvalue weighted by Crippen LogP contribution is 2.34. The molecule has 0 atom stereocenters. The quantitative estimate of drug-likeness (QED) is 0.169. The molecular weight excluding hydrogens is 553 g/mol. The number of alkyl halides is 3. The van der Waals surface area contributed by atoms with E-state index in [2.05, 4.69) is 49.3 Å². The molecular formula is C23H25Br2F3N2O2. The molecule has 0 aliphatic heterocycles. The molecule has 0 fully saturated rings. The van der Waals surface area contributed by atoms with Gasteiger partial charge in [0.25, 0.3) is 5.91 Å². The van der Waals surface area contributed by atoms with Crippen LogP contribution in [-0.4, -0.2) is 18.7 Å². The van der Waals surface area contributed by atoms with E-state index in [0.717, 1.165) is 33.9 Å². The summed E-state index contributed by atoms with van der Waals surface area (Å²) in [6.45, 7) is 2.81. The number of hydrazone groups is 1. The van der Waals surface area contributed by atoms with Gasteiger partial charge >= 0.3 is 6.18 Å². The predicted molar refractivity (Wildman–Crippen MR) is 127 cm³/mol. The topological polar surface area (TPSA) is 50.7 Å². The van der Waals surface area contributed by atoms with Gasteiger partial charge < -0.3 is 4.74 Å². The molecule has 2 rings (SSSR count). The van der Waals surface area contributed by atoms with Crippen molar-refractivity contribution in [3.63, 3.8) is 0 Å². The van der Waals surface area contributed by atoms with E-state index >= 15 is 0 Å². The molecule has 0 unspecified atom stereocenters. The van der Waals surface area contributed by atoms with Crippen LogP contribution in [0.25, 0.3) is 0 Å². The molecule has 0 heterocycles. The summed E-state index contributed by atoms with van der Waals surface area (Å²) in [5, 5.41) is 3.84. The van der Waals surface area contributed by atoms with Gasteiger partial charge in [-0.1, -0.05) is 45.1 Å². The van der Waals surface area contributed by atoms with Gasteiger partial charge in [-0.3, -0.25) is 4.79 Å². The van der Waals surface area contributed by atoms with Crippen molar-refractivity contribution in [1.29, 1.82) is 0 Å². The number of rotatable bonds is 11. The summed E-state index contributed by atoms with van der Waals surface area (Å²) in [5.41, 5.74) is 1.89. The van der Waals surface area contributed by atoms with Crippen LogP contribution in [0.15, 0.2) is 50.4 Å². The monoisotopic (exact) mass is 576 g/mol. The first-order valence-electron chi connectivity index (χ1n) is 10.3. The Morgan fingerprint density at radius 3 is 2.38 bits per heavy atom. The van der Waals surface area contributed by atoms with Crippen molar-refractivity contribution in [3.05, 3.63) is 62.0 Å². The SMILES string of the molecule is CCCCCCCCOc1c(Br)cc(/C=N/NC(=O)c2cccc(C(F)(F)F)c2)cc1Br. The van der Waals surface area contributed by atoms with Crippen LogP contribution in [0.2, 0.25) is 0 Å². The lowest BCUT2D eigenvalue weighted by molar-refractivity contribution is -0.137. The molecule has 0 saturated carbocycles. The summed E-state index contributed by atoms with van der Waals surface area (Å²) in [4.78, 5) is 12.1. The number of amides is 1. The van der Waals surface area contributed by atoms with Gasteiger partial charge in [0.05, 0.1) is 27.3 Å². The van der Waals surface area contributed by atoms with Crippen LogP contribution in [0.5, 0.6) is 5.75 Å². The number of halogens is 5. The van der Waals surface area contributed by atoms with E-state index in [1.54, 1.807) is 12.1 Å². The summed E-state index contributed by atoms with van der Waals surface area (Å²) in [6.07, 6.45) is 3.94. The third-order valence-electron chi connectivity index (χ3n) is 4.60. The van der Waals surface area contributed by atoms with Gasteiger partial charge in [0.1, 0.15) is 5.75 Å². The van der Waals surface area contributed by atoms with Crippen LogP contribution in [-0.2, 0) is 6.18 Å². The number of ether oxygens (including phenoxy) is 1. The minimum atomic E-state index is -4.52. The fraction of sp³-hybridized carbons (Fsp3) is 0.391. The molecule has 0 spiro atoms. The highest BCUT2D eigenvalue weighted by Gasteiger charge is 2.30. The van der Waals surface area contributed by atoms with E-state index in [4.69, 9.17) is 4.74 Å². The molecule has 1 amide bonds. The molecule has 0 aliphatic rings. The van der Waals surface area contributed by atoms with Crippen LogP contribution in [0.1, 0.15) is 66.9 Å². The zero-order chi connectivity index (χ0) is 23.6. The van der Waals surface area contributed by atoms with E-state index < -0.39 is 17.6 Å². The first-order chi connectivity index (χ1) is 15.2. The molecule has 0 radical (unpaired) electrons. The van der Waals surface area contributed by atoms with E-state index in [1.807, 2.05) is 0 Å². The van der Waals surface area contributed by atoms with Gasteiger partial charge in [-0.25, -0.2) is 5.43 Å². The Hall–Kier alpha value is -1.87. The Morgan fingerprint density at radius 1 is 1.06 bits per heavy atom. The van der Waals surface area contributed by atoms with E-state index in [1.165, 1.54) is 44.0 Å². The maximum Gasteiger partial charge on any atom is 0.416 e. The molecule has 0 aliphatic carbocycles. The van der Waals surface area contributed by atoms with Crippen molar-refractivity contribution < 1.29 is 22.7 Å². The fourth-order valence-electron chi connectivity index (χ4n) is 2.92. The Bertz CT molecular complexity index is 911. The van der Waals surface area contributed by atoms with Crippen LogP contribution >= 0.6 is 31.9 Å². The Kier molecular flexibility index (Phi) is 10.7. The molecule has 0 saturated heterocycles. The molecule has 1 N–H and O–H groups in total. The van der Waals surface area contributed by atoms with Gasteiger partial charge in [0.2, 0.25) is 0 Å². The maximum atomic E-state index is 12.8. The molecule has 174 valence electrons. The van der Waals surface area contributed by atoms with Gasteiger partial charge in [0, 0.05) is 5.56 Å². The molecule has 2 aromatic carbocycles. The Morgan fingerprint density at radius 2 is 1.72 bits per heavy atom. The highest BCUT2D eigenvalue weighted by atomic mass is 79.9. The van der Waals surface area contributed by atoms with E-state index in [9.17, 15) is 18.0 Å². The van der Waals surface area contributed by atoms with E-state index in [-0.39, 0.29) is 5.56 Å². The largest absolute Gasteiger partial charge is 0.491 e. The average molecular weight is 578 g/mol. The van der Waals surface area contributed by atoms with Gasteiger partial charge in [-0.05, 0) is 74.2 Å². The Labute approximate surface area is 202 Å². The standard InChI is InChI=1S/C23H25Br2F3N2O2/c1-2-3-4-5-6-7-11-32-21-19(24)12-16(13-20(21)25)15-29-30-22(31)17-9-8-10-18(14-17)23(26,27)28/h8-10,12-15H,2-7,11H2,1H3,(H,30,31)/b29-15+. The van der Waals surface area contributed by atoms with Crippen molar-refractivity contribution in [2.24, 2.45) is 5.10 Å². The second-order valence-corrected chi connectivity index (χ2v) is 8.92. The van der Waals surface area contributed by atoms with Crippen molar-refractivity contribution in [2.75, 3.05) is 6.61 Å². The first-order valence-corrected chi connectivity index (χ1v) is 11.9. The third kappa shape index (κ3) is 8.58. The minimum Gasteiger partial charge on any atom is -0.491 e. The zero-order valence-corrected chi connectivity index (χ0v) is 20.8.